The summed E-state index contributed by atoms with van der Waals surface area (Å²) >= 11 is 5.55. The third kappa shape index (κ3) is 5.72. The highest BCUT2D eigenvalue weighted by atomic mass is 35.5. The highest BCUT2D eigenvalue weighted by molar-refractivity contribution is 6.29. The SMILES string of the molecule is O=C(O)CCCCCCNC(=O)c1ccc(Cl)o1. The largest absolute Gasteiger partial charge is 0.481 e. The summed E-state index contributed by atoms with van der Waals surface area (Å²) in [5.74, 6) is -0.851. The van der Waals surface area contributed by atoms with Gasteiger partial charge in [-0.25, -0.2) is 0 Å². The molecule has 1 amide bonds. The van der Waals surface area contributed by atoms with Crippen molar-refractivity contribution in [3.8, 4) is 0 Å². The molecule has 2 N–H and O–H groups in total. The first kappa shape index (κ1) is 14.6. The van der Waals surface area contributed by atoms with Crippen LogP contribution in [0, 0.1) is 0 Å². The monoisotopic (exact) mass is 273 g/mol. The second-order valence-electron chi connectivity index (χ2n) is 3.92. The van der Waals surface area contributed by atoms with Gasteiger partial charge in [-0.2, -0.15) is 0 Å². The van der Waals surface area contributed by atoms with Gasteiger partial charge in [0.25, 0.3) is 5.91 Å². The fourth-order valence-corrected chi connectivity index (χ4v) is 1.63. The number of hydrogen-bond acceptors (Lipinski definition) is 3. The van der Waals surface area contributed by atoms with Crippen molar-refractivity contribution in [2.75, 3.05) is 6.54 Å². The predicted octanol–water partition coefficient (Wildman–Crippen LogP) is 2.70. The molecule has 0 bridgehead atoms. The normalized spacial score (nSPS) is 10.3. The molecule has 100 valence electrons. The number of amides is 1. The zero-order valence-electron chi connectivity index (χ0n) is 9.95. The first-order valence-electron chi connectivity index (χ1n) is 5.85. The van der Waals surface area contributed by atoms with E-state index in [0.29, 0.717) is 13.0 Å². The highest BCUT2D eigenvalue weighted by Gasteiger charge is 2.09. The summed E-state index contributed by atoms with van der Waals surface area (Å²) in [6.07, 6.45) is 3.45. The molecule has 5 nitrogen and oxygen atoms in total. The average molecular weight is 274 g/mol. The Morgan fingerprint density at radius 1 is 1.22 bits per heavy atom. The van der Waals surface area contributed by atoms with Crippen molar-refractivity contribution in [1.29, 1.82) is 0 Å². The molecule has 0 aliphatic rings. The Balaban J connectivity index is 2.04. The molecule has 0 aromatic carbocycles. The van der Waals surface area contributed by atoms with Gasteiger partial charge >= 0.3 is 5.97 Å². The van der Waals surface area contributed by atoms with Crippen LogP contribution in [0.1, 0.15) is 42.7 Å². The van der Waals surface area contributed by atoms with Gasteiger partial charge in [0.15, 0.2) is 11.0 Å². The van der Waals surface area contributed by atoms with Crippen LogP contribution in [-0.4, -0.2) is 23.5 Å². The Hall–Kier alpha value is -1.49. The Kier molecular flexibility index (Phi) is 6.28. The second-order valence-corrected chi connectivity index (χ2v) is 4.29. The molecule has 0 atom stereocenters. The summed E-state index contributed by atoms with van der Waals surface area (Å²) in [6.45, 7) is 0.546. The van der Waals surface area contributed by atoms with Crippen LogP contribution in [0.4, 0.5) is 0 Å². The lowest BCUT2D eigenvalue weighted by Gasteiger charge is -2.02. The fraction of sp³-hybridized carbons (Fsp3) is 0.500. The first-order valence-corrected chi connectivity index (χ1v) is 6.22. The molecule has 1 aromatic rings. The quantitative estimate of drug-likeness (QED) is 0.714. The van der Waals surface area contributed by atoms with Crippen LogP contribution in [0.15, 0.2) is 16.5 Å². The predicted molar refractivity (Wildman–Crippen MR) is 66.8 cm³/mol. The van der Waals surface area contributed by atoms with Gasteiger partial charge in [0, 0.05) is 13.0 Å². The molecular formula is C12H16ClNO4. The first-order chi connectivity index (χ1) is 8.59. The van der Waals surface area contributed by atoms with Crippen LogP contribution in [0.3, 0.4) is 0 Å². The van der Waals surface area contributed by atoms with Gasteiger partial charge in [0.2, 0.25) is 0 Å². The number of aliphatic carboxylic acids is 1. The van der Waals surface area contributed by atoms with Gasteiger partial charge in [-0.1, -0.05) is 12.8 Å². The lowest BCUT2D eigenvalue weighted by atomic mass is 10.1. The van der Waals surface area contributed by atoms with Crippen LogP contribution in [0.2, 0.25) is 5.22 Å². The number of halogens is 1. The van der Waals surface area contributed by atoms with Crippen molar-refractivity contribution in [2.45, 2.75) is 32.1 Å². The topological polar surface area (TPSA) is 79.5 Å². The molecule has 0 saturated heterocycles. The molecule has 0 fully saturated rings. The van der Waals surface area contributed by atoms with Crippen molar-refractivity contribution < 1.29 is 19.1 Å². The molecule has 18 heavy (non-hydrogen) atoms. The lowest BCUT2D eigenvalue weighted by molar-refractivity contribution is -0.137. The molecule has 0 unspecified atom stereocenters. The summed E-state index contributed by atoms with van der Waals surface area (Å²) in [5.41, 5.74) is 0. The molecule has 0 radical (unpaired) electrons. The fourth-order valence-electron chi connectivity index (χ4n) is 1.48. The molecule has 6 heteroatoms. The van der Waals surface area contributed by atoms with Gasteiger partial charge in [0.1, 0.15) is 0 Å². The number of rotatable bonds is 8. The van der Waals surface area contributed by atoms with E-state index in [1.54, 1.807) is 0 Å². The molecule has 0 saturated carbocycles. The zero-order chi connectivity index (χ0) is 13.4. The smallest absolute Gasteiger partial charge is 0.303 e. The third-order valence-corrected chi connectivity index (χ3v) is 2.60. The number of furan rings is 1. The number of carboxylic acids is 1. The Morgan fingerprint density at radius 3 is 2.56 bits per heavy atom. The van der Waals surface area contributed by atoms with Crippen molar-refractivity contribution in [3.05, 3.63) is 23.1 Å². The molecule has 0 spiro atoms. The number of hydrogen-bond donors (Lipinski definition) is 2. The van der Waals surface area contributed by atoms with E-state index >= 15 is 0 Å². The van der Waals surface area contributed by atoms with Crippen LogP contribution < -0.4 is 5.32 Å². The van der Waals surface area contributed by atoms with Crippen molar-refractivity contribution in [2.24, 2.45) is 0 Å². The molecule has 1 heterocycles. The van der Waals surface area contributed by atoms with E-state index in [1.807, 2.05) is 0 Å². The Morgan fingerprint density at radius 2 is 1.94 bits per heavy atom. The Labute approximate surface area is 110 Å². The number of unbranched alkanes of at least 4 members (excludes halogenated alkanes) is 3. The zero-order valence-corrected chi connectivity index (χ0v) is 10.7. The molecule has 1 aromatic heterocycles. The minimum atomic E-state index is -0.766. The van der Waals surface area contributed by atoms with Gasteiger partial charge < -0.3 is 14.8 Å². The second kappa shape index (κ2) is 7.76. The van der Waals surface area contributed by atoms with Gasteiger partial charge in [-0.3, -0.25) is 9.59 Å². The standard InChI is InChI=1S/C12H16ClNO4/c13-10-7-6-9(18-10)12(17)14-8-4-2-1-3-5-11(15)16/h6-7H,1-5,8H2,(H,14,17)(H,15,16). The summed E-state index contributed by atoms with van der Waals surface area (Å²) in [4.78, 5) is 21.8. The molecule has 1 rings (SSSR count). The van der Waals surface area contributed by atoms with E-state index < -0.39 is 5.97 Å². The molecular weight excluding hydrogens is 258 g/mol. The number of carboxylic acid groups (broad SMARTS) is 1. The summed E-state index contributed by atoms with van der Waals surface area (Å²) < 4.78 is 4.96. The molecule has 0 aliphatic carbocycles. The van der Waals surface area contributed by atoms with Gasteiger partial charge in [-0.15, -0.1) is 0 Å². The number of carbonyl (C=O) groups excluding carboxylic acids is 1. The van der Waals surface area contributed by atoms with Crippen molar-refractivity contribution in [3.63, 3.8) is 0 Å². The van der Waals surface area contributed by atoms with Crippen LogP contribution >= 0.6 is 11.6 Å². The molecule has 0 aliphatic heterocycles. The van der Waals surface area contributed by atoms with E-state index in [4.69, 9.17) is 21.1 Å². The average Bonchev–Trinajstić information content (AvgIpc) is 2.74. The van der Waals surface area contributed by atoms with Crippen molar-refractivity contribution >= 4 is 23.5 Å². The van der Waals surface area contributed by atoms with Gasteiger partial charge in [0.05, 0.1) is 0 Å². The van der Waals surface area contributed by atoms with E-state index in [1.165, 1.54) is 12.1 Å². The summed E-state index contributed by atoms with van der Waals surface area (Å²) in [6, 6.07) is 3.03. The van der Waals surface area contributed by atoms with Gasteiger partial charge in [-0.05, 0) is 36.6 Å². The minimum absolute atomic E-state index is 0.189. The lowest BCUT2D eigenvalue weighted by Crippen LogP contribution is -2.23. The maximum atomic E-state index is 11.5. The summed E-state index contributed by atoms with van der Waals surface area (Å²) in [5, 5.41) is 11.3. The summed E-state index contributed by atoms with van der Waals surface area (Å²) in [7, 11) is 0. The van der Waals surface area contributed by atoms with Crippen LogP contribution in [0.5, 0.6) is 0 Å². The van der Waals surface area contributed by atoms with Crippen molar-refractivity contribution in [1.82, 2.24) is 5.32 Å². The van der Waals surface area contributed by atoms with E-state index in [-0.39, 0.29) is 23.3 Å². The number of nitrogens with one attached hydrogen (secondary N) is 1. The third-order valence-electron chi connectivity index (χ3n) is 2.40. The van der Waals surface area contributed by atoms with Crippen LogP contribution in [0.25, 0.3) is 0 Å². The maximum absolute atomic E-state index is 11.5. The van der Waals surface area contributed by atoms with E-state index in [2.05, 4.69) is 5.32 Å². The number of carbonyl (C=O) groups is 2. The van der Waals surface area contributed by atoms with E-state index in [0.717, 1.165) is 19.3 Å². The van der Waals surface area contributed by atoms with E-state index in [9.17, 15) is 9.59 Å². The Bertz CT molecular complexity index is 403. The highest BCUT2D eigenvalue weighted by Crippen LogP contribution is 2.12. The van der Waals surface area contributed by atoms with Crippen LogP contribution in [-0.2, 0) is 4.79 Å². The minimum Gasteiger partial charge on any atom is -0.481 e. The maximum Gasteiger partial charge on any atom is 0.303 e.